The van der Waals surface area contributed by atoms with E-state index in [4.69, 9.17) is 13.6 Å². The van der Waals surface area contributed by atoms with Crippen molar-refractivity contribution in [1.82, 2.24) is 0 Å². The second kappa shape index (κ2) is 4.58. The smallest absolute Gasteiger partial charge is 1.00 e. The standard InChI is InChI=1S/C6H5AsN2O3.BrH/c8-9-6-3-1-5(2-4-6)7(10,11)12;/h1-4H,(H-,10,11,12);1H. The number of halogens is 1. The van der Waals surface area contributed by atoms with E-state index in [1.807, 2.05) is 0 Å². The van der Waals surface area contributed by atoms with Gasteiger partial charge in [-0.05, 0) is 0 Å². The SMILES string of the molecule is N#[N+]c1ccc([As](=O)(O)O)cc1.[Br-]. The number of diazo groups is 1. The number of hydrogen-bond donors (Lipinski definition) is 2. The van der Waals surface area contributed by atoms with Crippen molar-refractivity contribution in [1.29, 1.82) is 5.39 Å². The Bertz CT molecular complexity index is 366. The Balaban J connectivity index is 0.00000144. The summed E-state index contributed by atoms with van der Waals surface area (Å²) in [6.45, 7) is 0. The fourth-order valence-electron chi connectivity index (χ4n) is 0.713. The fourth-order valence-corrected chi connectivity index (χ4v) is 1.84. The summed E-state index contributed by atoms with van der Waals surface area (Å²) in [5.41, 5.74) is 0.266. The largest absolute Gasteiger partial charge is 1.00 e. The maximum atomic E-state index is 10.7. The van der Waals surface area contributed by atoms with Gasteiger partial charge in [0.05, 0.1) is 0 Å². The summed E-state index contributed by atoms with van der Waals surface area (Å²) in [7, 11) is 0. The van der Waals surface area contributed by atoms with Crippen LogP contribution in [0.2, 0.25) is 0 Å². The molecule has 1 rings (SSSR count). The topological polar surface area (TPSA) is 85.7 Å². The first-order valence-corrected chi connectivity index (χ1v) is 6.43. The van der Waals surface area contributed by atoms with Gasteiger partial charge in [0.2, 0.25) is 0 Å². The molecule has 0 atom stereocenters. The minimum absolute atomic E-state index is 0. The molecule has 0 saturated carbocycles. The van der Waals surface area contributed by atoms with Crippen molar-refractivity contribution in [3.8, 4) is 0 Å². The molecule has 0 radical (unpaired) electrons. The van der Waals surface area contributed by atoms with Gasteiger partial charge in [0.15, 0.2) is 0 Å². The monoisotopic (exact) mass is 308 g/mol. The van der Waals surface area contributed by atoms with Crippen molar-refractivity contribution in [2.75, 3.05) is 0 Å². The van der Waals surface area contributed by atoms with E-state index in [2.05, 4.69) is 4.98 Å². The molecule has 0 unspecified atom stereocenters. The number of benzene rings is 1. The average molecular weight is 309 g/mol. The van der Waals surface area contributed by atoms with Crippen LogP contribution in [0.5, 0.6) is 0 Å². The first-order valence-electron chi connectivity index (χ1n) is 3.05. The fraction of sp³-hybridized carbons (Fsp3) is 0. The Morgan fingerprint density at radius 1 is 1.23 bits per heavy atom. The maximum absolute atomic E-state index is 10.7. The normalized spacial score (nSPS) is 9.92. The van der Waals surface area contributed by atoms with Gasteiger partial charge in [-0.15, -0.1) is 0 Å². The van der Waals surface area contributed by atoms with Crippen LogP contribution in [0.15, 0.2) is 24.3 Å². The van der Waals surface area contributed by atoms with E-state index in [0.717, 1.165) is 0 Å². The molecule has 5 nitrogen and oxygen atoms in total. The molecule has 13 heavy (non-hydrogen) atoms. The molecule has 0 spiro atoms. The molecule has 0 aliphatic rings. The molecule has 0 aliphatic heterocycles. The predicted octanol–water partition coefficient (Wildman–Crippen LogP) is -3.26. The summed E-state index contributed by atoms with van der Waals surface area (Å²) < 4.78 is 28.1. The summed E-state index contributed by atoms with van der Waals surface area (Å²) >= 11 is -4.76. The Kier molecular flexibility index (Phi) is 4.37. The molecule has 0 aromatic heterocycles. The Morgan fingerprint density at radius 3 is 2.00 bits per heavy atom. The molecular weight excluding hydrogens is 303 g/mol. The maximum Gasteiger partial charge on any atom is -1.00 e. The molecular formula is C6H6AsBrN2O3. The average Bonchev–Trinajstić information content (AvgIpc) is 2.03. The molecule has 0 aliphatic carbocycles. The Hall–Kier alpha value is -0.602. The van der Waals surface area contributed by atoms with Gasteiger partial charge in [0.25, 0.3) is 0 Å². The third-order valence-corrected chi connectivity index (χ3v) is 3.34. The molecule has 7 heteroatoms. The van der Waals surface area contributed by atoms with Crippen molar-refractivity contribution in [3.63, 3.8) is 0 Å². The van der Waals surface area contributed by atoms with Gasteiger partial charge in [-0.3, -0.25) is 0 Å². The van der Waals surface area contributed by atoms with Crippen LogP contribution in [-0.2, 0) is 3.74 Å². The third-order valence-electron chi connectivity index (χ3n) is 1.30. The summed E-state index contributed by atoms with van der Waals surface area (Å²) in [6, 6.07) is 5.15. The molecule has 0 fully saturated rings. The first kappa shape index (κ1) is 12.4. The van der Waals surface area contributed by atoms with E-state index in [-0.39, 0.29) is 27.0 Å². The van der Waals surface area contributed by atoms with Crippen molar-refractivity contribution in [2.45, 2.75) is 0 Å². The van der Waals surface area contributed by atoms with Crippen LogP contribution in [0, 0.1) is 5.39 Å². The molecule has 2 N–H and O–H groups in total. The van der Waals surface area contributed by atoms with Crippen LogP contribution in [0.3, 0.4) is 0 Å². The van der Waals surface area contributed by atoms with Gasteiger partial charge in [0, 0.05) is 0 Å². The number of nitrogens with zero attached hydrogens (tertiary/aromatic N) is 2. The first-order chi connectivity index (χ1) is 5.54. The second-order valence-corrected chi connectivity index (χ2v) is 5.53. The van der Waals surface area contributed by atoms with E-state index >= 15 is 0 Å². The van der Waals surface area contributed by atoms with Gasteiger partial charge in [-0.2, -0.15) is 0 Å². The summed E-state index contributed by atoms with van der Waals surface area (Å²) in [5.74, 6) is 0. The molecule has 0 amide bonds. The Morgan fingerprint density at radius 2 is 1.69 bits per heavy atom. The van der Waals surface area contributed by atoms with Gasteiger partial charge in [-0.25, -0.2) is 0 Å². The molecule has 0 bridgehead atoms. The van der Waals surface area contributed by atoms with E-state index in [1.54, 1.807) is 0 Å². The summed E-state index contributed by atoms with van der Waals surface area (Å²) in [6.07, 6.45) is 0. The van der Waals surface area contributed by atoms with Crippen LogP contribution in [0.1, 0.15) is 0 Å². The van der Waals surface area contributed by atoms with E-state index in [1.165, 1.54) is 24.3 Å². The summed E-state index contributed by atoms with van der Waals surface area (Å²) in [4.78, 5) is 2.85. The molecule has 70 valence electrons. The molecule has 1 aromatic carbocycles. The Labute approximate surface area is 87.8 Å². The van der Waals surface area contributed by atoms with Crippen molar-refractivity contribution >= 4 is 24.2 Å². The third kappa shape index (κ3) is 3.33. The van der Waals surface area contributed by atoms with E-state index in [9.17, 15) is 3.74 Å². The van der Waals surface area contributed by atoms with Crippen LogP contribution < -0.4 is 21.3 Å². The van der Waals surface area contributed by atoms with E-state index in [0.29, 0.717) is 0 Å². The van der Waals surface area contributed by atoms with Crippen molar-refractivity contribution < 1.29 is 28.9 Å². The van der Waals surface area contributed by atoms with Crippen molar-refractivity contribution in [3.05, 3.63) is 29.2 Å². The zero-order valence-electron chi connectivity index (χ0n) is 6.33. The zero-order chi connectivity index (χ0) is 9.19. The van der Waals surface area contributed by atoms with Gasteiger partial charge < -0.3 is 17.0 Å². The molecule has 0 heterocycles. The quantitative estimate of drug-likeness (QED) is 0.421. The van der Waals surface area contributed by atoms with Crippen LogP contribution >= 0.6 is 0 Å². The van der Waals surface area contributed by atoms with Gasteiger partial charge >= 0.3 is 70.8 Å². The van der Waals surface area contributed by atoms with Gasteiger partial charge in [0.1, 0.15) is 0 Å². The minimum atomic E-state index is -4.76. The minimum Gasteiger partial charge on any atom is -1.00 e. The van der Waals surface area contributed by atoms with E-state index < -0.39 is 14.2 Å². The zero-order valence-corrected chi connectivity index (χ0v) is 9.79. The number of hydrogen-bond acceptors (Lipinski definition) is 2. The number of rotatable bonds is 1. The van der Waals surface area contributed by atoms with Crippen LogP contribution in [-0.4, -0.2) is 22.4 Å². The predicted molar refractivity (Wildman–Crippen MR) is 41.7 cm³/mol. The summed E-state index contributed by atoms with van der Waals surface area (Å²) in [5, 5.41) is 8.27. The molecule has 0 saturated heterocycles. The van der Waals surface area contributed by atoms with Crippen LogP contribution in [0.25, 0.3) is 4.98 Å². The van der Waals surface area contributed by atoms with Gasteiger partial charge in [-0.1, -0.05) is 0 Å². The molecule has 1 aromatic rings. The second-order valence-electron chi connectivity index (χ2n) is 2.16. The van der Waals surface area contributed by atoms with Crippen molar-refractivity contribution in [2.24, 2.45) is 0 Å². The van der Waals surface area contributed by atoms with Crippen LogP contribution in [0.4, 0.5) is 5.69 Å².